The number of halogens is 1. The van der Waals surface area contributed by atoms with E-state index in [0.29, 0.717) is 17.9 Å². The quantitative estimate of drug-likeness (QED) is 0.508. The van der Waals surface area contributed by atoms with Crippen LogP contribution in [0.3, 0.4) is 0 Å². The van der Waals surface area contributed by atoms with Gasteiger partial charge in [0.15, 0.2) is 18.2 Å². The summed E-state index contributed by atoms with van der Waals surface area (Å²) in [5, 5.41) is 2.53. The van der Waals surface area contributed by atoms with Gasteiger partial charge in [-0.25, -0.2) is 14.0 Å². The van der Waals surface area contributed by atoms with E-state index in [2.05, 4.69) is 5.32 Å². The summed E-state index contributed by atoms with van der Waals surface area (Å²) in [6, 6.07) is 9.72. The normalized spacial score (nSPS) is 10.2. The predicted molar refractivity (Wildman–Crippen MR) is 103 cm³/mol. The van der Waals surface area contributed by atoms with Crippen LogP contribution in [-0.4, -0.2) is 38.2 Å². The topological polar surface area (TPSA) is 90.9 Å². The molecule has 0 unspecified atom stereocenters. The number of nitrogens with one attached hydrogen (secondary N) is 1. The third kappa shape index (κ3) is 6.60. The first-order valence-corrected chi connectivity index (χ1v) is 9.02. The van der Waals surface area contributed by atoms with Crippen LogP contribution in [0.5, 0.6) is 5.75 Å². The Labute approximate surface area is 167 Å². The third-order valence-corrected chi connectivity index (χ3v) is 3.86. The molecule has 8 heteroatoms. The van der Waals surface area contributed by atoms with Gasteiger partial charge in [-0.2, -0.15) is 0 Å². The van der Waals surface area contributed by atoms with Crippen molar-refractivity contribution < 1.29 is 33.0 Å². The largest absolute Gasteiger partial charge is 0.494 e. The van der Waals surface area contributed by atoms with Crippen molar-refractivity contribution in [1.29, 1.82) is 0 Å². The number of esters is 2. The molecule has 2 aromatic rings. The zero-order valence-electron chi connectivity index (χ0n) is 16.2. The minimum Gasteiger partial charge on any atom is -0.494 e. The molecule has 0 aliphatic carbocycles. The number of hydrogen-bond donors (Lipinski definition) is 1. The average molecular weight is 403 g/mol. The first kappa shape index (κ1) is 21.9. The van der Waals surface area contributed by atoms with E-state index in [1.54, 1.807) is 0 Å². The minimum absolute atomic E-state index is 0.00279. The molecule has 0 spiro atoms. The molecular formula is C21H22FNO6. The van der Waals surface area contributed by atoms with Crippen LogP contribution in [0, 0.1) is 5.82 Å². The van der Waals surface area contributed by atoms with Crippen LogP contribution in [0.25, 0.3) is 0 Å². The summed E-state index contributed by atoms with van der Waals surface area (Å²) in [6.07, 6.45) is 1.72. The maximum atomic E-state index is 13.6. The second-order valence-electron chi connectivity index (χ2n) is 6.04. The lowest BCUT2D eigenvalue weighted by Gasteiger charge is -2.08. The van der Waals surface area contributed by atoms with E-state index < -0.39 is 30.3 Å². The summed E-state index contributed by atoms with van der Waals surface area (Å²) in [5.74, 6) is -2.56. The molecule has 0 bridgehead atoms. The Morgan fingerprint density at radius 1 is 0.966 bits per heavy atom. The molecule has 0 heterocycles. The summed E-state index contributed by atoms with van der Waals surface area (Å²) in [4.78, 5) is 35.7. The molecule has 2 aromatic carbocycles. The van der Waals surface area contributed by atoms with Gasteiger partial charge in [0.05, 0.1) is 24.8 Å². The predicted octanol–water partition coefficient (Wildman–Crippen LogP) is 3.59. The van der Waals surface area contributed by atoms with Crippen molar-refractivity contribution in [2.75, 3.05) is 25.6 Å². The summed E-state index contributed by atoms with van der Waals surface area (Å²) >= 11 is 0. The standard InChI is InChI=1S/C21H22FNO6/c1-3-4-11-28-20(25)14-5-8-16(9-6-14)23-19(24)13-29-21(26)15-7-10-18(27-2)17(22)12-15/h5-10,12H,3-4,11,13H2,1-2H3,(H,23,24). The van der Waals surface area contributed by atoms with Crippen LogP contribution in [-0.2, 0) is 14.3 Å². The second kappa shape index (κ2) is 10.8. The summed E-state index contributed by atoms with van der Waals surface area (Å²) in [6.45, 7) is 1.81. The van der Waals surface area contributed by atoms with E-state index in [0.717, 1.165) is 18.9 Å². The van der Waals surface area contributed by atoms with Gasteiger partial charge in [-0.05, 0) is 48.9 Å². The average Bonchev–Trinajstić information content (AvgIpc) is 2.72. The van der Waals surface area contributed by atoms with Gasteiger partial charge in [0.25, 0.3) is 5.91 Å². The molecule has 0 aliphatic heterocycles. The van der Waals surface area contributed by atoms with Gasteiger partial charge in [-0.1, -0.05) is 13.3 Å². The van der Waals surface area contributed by atoms with Crippen molar-refractivity contribution in [1.82, 2.24) is 0 Å². The number of amides is 1. The molecule has 0 aliphatic rings. The highest BCUT2D eigenvalue weighted by Gasteiger charge is 2.14. The van der Waals surface area contributed by atoms with Gasteiger partial charge in [-0.15, -0.1) is 0 Å². The molecule has 1 amide bonds. The molecule has 2 rings (SSSR count). The number of rotatable bonds is 9. The van der Waals surface area contributed by atoms with Crippen molar-refractivity contribution >= 4 is 23.5 Å². The summed E-state index contributed by atoms with van der Waals surface area (Å²) < 4.78 is 28.4. The fraction of sp³-hybridized carbons (Fsp3) is 0.286. The molecule has 0 saturated heterocycles. The third-order valence-electron chi connectivity index (χ3n) is 3.86. The number of unbranched alkanes of at least 4 members (excludes halogenated alkanes) is 1. The fourth-order valence-electron chi connectivity index (χ4n) is 2.29. The second-order valence-corrected chi connectivity index (χ2v) is 6.04. The number of carbonyl (C=O) groups excluding carboxylic acids is 3. The number of benzene rings is 2. The molecule has 154 valence electrons. The van der Waals surface area contributed by atoms with Crippen LogP contribution in [0.4, 0.5) is 10.1 Å². The van der Waals surface area contributed by atoms with Crippen molar-refractivity contribution in [3.63, 3.8) is 0 Å². The van der Waals surface area contributed by atoms with E-state index >= 15 is 0 Å². The first-order chi connectivity index (χ1) is 13.9. The van der Waals surface area contributed by atoms with Crippen molar-refractivity contribution in [2.24, 2.45) is 0 Å². The van der Waals surface area contributed by atoms with E-state index in [1.807, 2.05) is 6.92 Å². The van der Waals surface area contributed by atoms with Crippen molar-refractivity contribution in [3.05, 3.63) is 59.4 Å². The molecule has 7 nitrogen and oxygen atoms in total. The summed E-state index contributed by atoms with van der Waals surface area (Å²) in [5.41, 5.74) is 0.751. The number of hydrogen-bond acceptors (Lipinski definition) is 6. The smallest absolute Gasteiger partial charge is 0.338 e. The Bertz CT molecular complexity index is 866. The van der Waals surface area contributed by atoms with Crippen molar-refractivity contribution in [3.8, 4) is 5.75 Å². The lowest BCUT2D eigenvalue weighted by atomic mass is 10.2. The highest BCUT2D eigenvalue weighted by molar-refractivity contribution is 5.96. The molecule has 0 fully saturated rings. The number of methoxy groups -OCH3 is 1. The maximum Gasteiger partial charge on any atom is 0.338 e. The maximum absolute atomic E-state index is 13.6. The van der Waals surface area contributed by atoms with E-state index in [1.165, 1.54) is 43.5 Å². The highest BCUT2D eigenvalue weighted by atomic mass is 19.1. The number of ether oxygens (including phenoxy) is 3. The Kier molecular flexibility index (Phi) is 8.14. The van der Waals surface area contributed by atoms with Gasteiger partial charge in [-0.3, -0.25) is 4.79 Å². The first-order valence-electron chi connectivity index (χ1n) is 9.02. The molecule has 0 radical (unpaired) electrons. The molecule has 0 atom stereocenters. The Hall–Kier alpha value is -3.42. The van der Waals surface area contributed by atoms with Crippen LogP contribution >= 0.6 is 0 Å². The molecule has 0 saturated carbocycles. The van der Waals surface area contributed by atoms with Gasteiger partial charge < -0.3 is 19.5 Å². The molecular weight excluding hydrogens is 381 g/mol. The minimum atomic E-state index is -0.841. The summed E-state index contributed by atoms with van der Waals surface area (Å²) in [7, 11) is 1.31. The molecule has 0 aromatic heterocycles. The Morgan fingerprint density at radius 2 is 1.62 bits per heavy atom. The van der Waals surface area contributed by atoms with Gasteiger partial charge in [0.1, 0.15) is 0 Å². The Balaban J connectivity index is 1.83. The van der Waals surface area contributed by atoms with Crippen molar-refractivity contribution in [2.45, 2.75) is 19.8 Å². The van der Waals surface area contributed by atoms with Crippen LogP contribution < -0.4 is 10.1 Å². The fourth-order valence-corrected chi connectivity index (χ4v) is 2.29. The van der Waals surface area contributed by atoms with E-state index in [4.69, 9.17) is 14.2 Å². The van der Waals surface area contributed by atoms with Gasteiger partial charge in [0.2, 0.25) is 0 Å². The number of carbonyl (C=O) groups is 3. The number of anilines is 1. The zero-order valence-corrected chi connectivity index (χ0v) is 16.2. The zero-order chi connectivity index (χ0) is 21.2. The van der Waals surface area contributed by atoms with Gasteiger partial charge in [0, 0.05) is 5.69 Å². The van der Waals surface area contributed by atoms with E-state index in [9.17, 15) is 18.8 Å². The lowest BCUT2D eigenvalue weighted by Crippen LogP contribution is -2.21. The Morgan fingerprint density at radius 3 is 2.24 bits per heavy atom. The SMILES string of the molecule is CCCCOC(=O)c1ccc(NC(=O)COC(=O)c2ccc(OC)c(F)c2)cc1. The van der Waals surface area contributed by atoms with Crippen LogP contribution in [0.2, 0.25) is 0 Å². The monoisotopic (exact) mass is 403 g/mol. The van der Waals surface area contributed by atoms with Gasteiger partial charge >= 0.3 is 11.9 Å². The van der Waals surface area contributed by atoms with Crippen LogP contribution in [0.15, 0.2) is 42.5 Å². The van der Waals surface area contributed by atoms with E-state index in [-0.39, 0.29) is 11.3 Å². The molecule has 1 N–H and O–H groups in total. The molecule has 29 heavy (non-hydrogen) atoms. The highest BCUT2D eigenvalue weighted by Crippen LogP contribution is 2.18. The van der Waals surface area contributed by atoms with Crippen LogP contribution in [0.1, 0.15) is 40.5 Å². The lowest BCUT2D eigenvalue weighted by molar-refractivity contribution is -0.119.